The molecule has 2 unspecified atom stereocenters. The van der Waals surface area contributed by atoms with Crippen molar-refractivity contribution >= 4 is 11.6 Å². The van der Waals surface area contributed by atoms with Gasteiger partial charge in [0.15, 0.2) is 0 Å². The molecular formula is C15H22FN3O. The molecule has 4 nitrogen and oxygen atoms in total. The minimum absolute atomic E-state index is 0.0141. The van der Waals surface area contributed by atoms with Crippen molar-refractivity contribution in [2.45, 2.75) is 25.8 Å². The number of nitrogens with zero attached hydrogens (tertiary/aromatic N) is 1. The van der Waals surface area contributed by atoms with Gasteiger partial charge in [-0.25, -0.2) is 4.39 Å². The van der Waals surface area contributed by atoms with Crippen molar-refractivity contribution < 1.29 is 9.18 Å². The van der Waals surface area contributed by atoms with E-state index in [-0.39, 0.29) is 17.8 Å². The molecule has 0 saturated carbocycles. The van der Waals surface area contributed by atoms with Crippen LogP contribution in [0.2, 0.25) is 0 Å². The minimum Gasteiger partial charge on any atom is -0.371 e. The van der Waals surface area contributed by atoms with Crippen molar-refractivity contribution in [3.63, 3.8) is 0 Å². The molecular weight excluding hydrogens is 257 g/mol. The fraction of sp³-hybridized carbons (Fsp3) is 0.533. The third kappa shape index (κ3) is 4.20. The van der Waals surface area contributed by atoms with Crippen LogP contribution in [0.25, 0.3) is 0 Å². The molecule has 2 atom stereocenters. The predicted octanol–water partition coefficient (Wildman–Crippen LogP) is 1.51. The molecule has 1 fully saturated rings. The maximum absolute atomic E-state index is 12.9. The third-order valence-electron chi connectivity index (χ3n) is 3.57. The SMILES string of the molecule is CC(N)CC(=O)NCC1CCN(c2ccc(F)cc2)C1. The van der Waals surface area contributed by atoms with Crippen LogP contribution < -0.4 is 16.0 Å². The Morgan fingerprint density at radius 1 is 1.50 bits per heavy atom. The van der Waals surface area contributed by atoms with Crippen LogP contribution in [-0.4, -0.2) is 31.6 Å². The highest BCUT2D eigenvalue weighted by Gasteiger charge is 2.23. The second kappa shape index (κ2) is 6.70. The number of benzene rings is 1. The maximum atomic E-state index is 12.9. The number of amides is 1. The first kappa shape index (κ1) is 14.8. The summed E-state index contributed by atoms with van der Waals surface area (Å²) in [6.45, 7) is 4.35. The average molecular weight is 279 g/mol. The third-order valence-corrected chi connectivity index (χ3v) is 3.57. The number of nitrogens with two attached hydrogens (primary N) is 1. The summed E-state index contributed by atoms with van der Waals surface area (Å²) in [6.07, 6.45) is 1.41. The number of carbonyl (C=O) groups excluding carboxylic acids is 1. The van der Waals surface area contributed by atoms with Crippen LogP contribution in [0.1, 0.15) is 19.8 Å². The fourth-order valence-corrected chi connectivity index (χ4v) is 2.51. The van der Waals surface area contributed by atoms with Crippen molar-refractivity contribution in [2.75, 3.05) is 24.5 Å². The van der Waals surface area contributed by atoms with Crippen LogP contribution in [0, 0.1) is 11.7 Å². The Bertz CT molecular complexity index is 447. The van der Waals surface area contributed by atoms with Crippen molar-refractivity contribution in [2.24, 2.45) is 11.7 Å². The summed E-state index contributed by atoms with van der Waals surface area (Å²) in [5.74, 6) is 0.241. The lowest BCUT2D eigenvalue weighted by atomic mass is 10.1. The summed E-state index contributed by atoms with van der Waals surface area (Å²) in [5, 5.41) is 2.93. The molecule has 1 aliphatic rings. The zero-order chi connectivity index (χ0) is 14.5. The first-order valence-electron chi connectivity index (χ1n) is 7.07. The molecule has 110 valence electrons. The molecule has 0 aromatic heterocycles. The normalized spacial score (nSPS) is 19.9. The van der Waals surface area contributed by atoms with Gasteiger partial charge in [0, 0.05) is 37.8 Å². The average Bonchev–Trinajstić information content (AvgIpc) is 2.85. The van der Waals surface area contributed by atoms with E-state index < -0.39 is 0 Å². The van der Waals surface area contributed by atoms with E-state index in [1.165, 1.54) is 12.1 Å². The monoisotopic (exact) mass is 279 g/mol. The van der Waals surface area contributed by atoms with Crippen molar-refractivity contribution in [1.82, 2.24) is 5.32 Å². The Labute approximate surface area is 119 Å². The molecule has 1 aliphatic heterocycles. The van der Waals surface area contributed by atoms with Gasteiger partial charge in [-0.1, -0.05) is 0 Å². The summed E-state index contributed by atoms with van der Waals surface area (Å²) in [5.41, 5.74) is 6.63. The highest BCUT2D eigenvalue weighted by molar-refractivity contribution is 5.76. The Kier molecular flexibility index (Phi) is 4.95. The van der Waals surface area contributed by atoms with E-state index in [9.17, 15) is 9.18 Å². The van der Waals surface area contributed by atoms with Gasteiger partial charge in [0.2, 0.25) is 5.91 Å². The molecule has 1 saturated heterocycles. The van der Waals surface area contributed by atoms with E-state index >= 15 is 0 Å². The quantitative estimate of drug-likeness (QED) is 0.859. The van der Waals surface area contributed by atoms with Crippen molar-refractivity contribution in [3.8, 4) is 0 Å². The van der Waals surface area contributed by atoms with Crippen LogP contribution in [0.3, 0.4) is 0 Å². The Morgan fingerprint density at radius 2 is 2.20 bits per heavy atom. The number of hydrogen-bond acceptors (Lipinski definition) is 3. The highest BCUT2D eigenvalue weighted by atomic mass is 19.1. The van der Waals surface area contributed by atoms with Crippen LogP contribution in [0.4, 0.5) is 10.1 Å². The van der Waals surface area contributed by atoms with E-state index in [1.807, 2.05) is 6.92 Å². The first-order valence-corrected chi connectivity index (χ1v) is 7.07. The maximum Gasteiger partial charge on any atom is 0.221 e. The number of rotatable bonds is 5. The van der Waals surface area contributed by atoms with Gasteiger partial charge in [0.25, 0.3) is 0 Å². The molecule has 1 aromatic rings. The van der Waals surface area contributed by atoms with Crippen molar-refractivity contribution in [3.05, 3.63) is 30.1 Å². The van der Waals surface area contributed by atoms with Crippen LogP contribution >= 0.6 is 0 Å². The largest absolute Gasteiger partial charge is 0.371 e. The van der Waals surface area contributed by atoms with Gasteiger partial charge in [0.05, 0.1) is 0 Å². The molecule has 20 heavy (non-hydrogen) atoms. The van der Waals surface area contributed by atoms with Gasteiger partial charge in [-0.3, -0.25) is 4.79 Å². The fourth-order valence-electron chi connectivity index (χ4n) is 2.51. The first-order chi connectivity index (χ1) is 9.54. The molecule has 1 heterocycles. The summed E-state index contributed by atoms with van der Waals surface area (Å²) >= 11 is 0. The predicted molar refractivity (Wildman–Crippen MR) is 78.0 cm³/mol. The molecule has 1 amide bonds. The molecule has 0 aliphatic carbocycles. The lowest BCUT2D eigenvalue weighted by Crippen LogP contribution is -2.34. The van der Waals surface area contributed by atoms with Gasteiger partial charge in [0.1, 0.15) is 5.82 Å². The summed E-state index contributed by atoms with van der Waals surface area (Å²) < 4.78 is 12.9. The van der Waals surface area contributed by atoms with Gasteiger partial charge in [-0.2, -0.15) is 0 Å². The molecule has 5 heteroatoms. The molecule has 3 N–H and O–H groups in total. The standard InChI is InChI=1S/C15H22FN3O/c1-11(17)8-15(20)18-9-12-6-7-19(10-12)14-4-2-13(16)3-5-14/h2-5,11-12H,6-10,17H2,1H3,(H,18,20). The Hall–Kier alpha value is -1.62. The lowest BCUT2D eigenvalue weighted by Gasteiger charge is -2.19. The topological polar surface area (TPSA) is 58.4 Å². The van der Waals surface area contributed by atoms with Gasteiger partial charge < -0.3 is 16.0 Å². The van der Waals surface area contributed by atoms with Crippen LogP contribution in [0.5, 0.6) is 0 Å². The number of carbonyl (C=O) groups is 1. The van der Waals surface area contributed by atoms with Gasteiger partial charge in [-0.15, -0.1) is 0 Å². The Morgan fingerprint density at radius 3 is 2.85 bits per heavy atom. The second-order valence-electron chi connectivity index (χ2n) is 5.56. The zero-order valence-electron chi connectivity index (χ0n) is 11.8. The van der Waals surface area contributed by atoms with Crippen molar-refractivity contribution in [1.29, 1.82) is 0 Å². The zero-order valence-corrected chi connectivity index (χ0v) is 11.8. The van der Waals surface area contributed by atoms with E-state index in [1.54, 1.807) is 12.1 Å². The number of nitrogens with one attached hydrogen (secondary N) is 1. The molecule has 2 rings (SSSR count). The summed E-state index contributed by atoms with van der Waals surface area (Å²) in [7, 11) is 0. The number of halogens is 1. The lowest BCUT2D eigenvalue weighted by molar-refractivity contribution is -0.121. The van der Waals surface area contributed by atoms with Crippen LogP contribution in [-0.2, 0) is 4.79 Å². The smallest absolute Gasteiger partial charge is 0.221 e. The van der Waals surface area contributed by atoms with E-state index in [2.05, 4.69) is 10.2 Å². The molecule has 0 bridgehead atoms. The number of hydrogen-bond donors (Lipinski definition) is 2. The Balaban J connectivity index is 1.78. The molecule has 0 spiro atoms. The van der Waals surface area contributed by atoms with E-state index in [0.29, 0.717) is 18.9 Å². The van der Waals surface area contributed by atoms with Gasteiger partial charge in [-0.05, 0) is 43.5 Å². The van der Waals surface area contributed by atoms with Crippen LogP contribution in [0.15, 0.2) is 24.3 Å². The van der Waals surface area contributed by atoms with E-state index in [0.717, 1.165) is 25.2 Å². The molecule has 0 radical (unpaired) electrons. The van der Waals surface area contributed by atoms with E-state index in [4.69, 9.17) is 5.73 Å². The van der Waals surface area contributed by atoms with Gasteiger partial charge >= 0.3 is 0 Å². The highest BCUT2D eigenvalue weighted by Crippen LogP contribution is 2.23. The second-order valence-corrected chi connectivity index (χ2v) is 5.56. The number of anilines is 1. The summed E-state index contributed by atoms with van der Waals surface area (Å²) in [4.78, 5) is 13.8. The summed E-state index contributed by atoms with van der Waals surface area (Å²) in [6, 6.07) is 6.45. The minimum atomic E-state index is -0.215. The molecule has 1 aromatic carbocycles.